The Labute approximate surface area is 228 Å². The smallest absolute Gasteiger partial charge is 0.280 e. The van der Waals surface area contributed by atoms with Crippen LogP contribution < -0.4 is 16.0 Å². The molecule has 0 spiro atoms. The number of nitrogens with zero attached hydrogens (tertiary/aromatic N) is 2. The van der Waals surface area contributed by atoms with Gasteiger partial charge in [-0.05, 0) is 111 Å². The minimum absolute atomic E-state index is 0.0472. The highest BCUT2D eigenvalue weighted by Crippen LogP contribution is 2.55. The second kappa shape index (κ2) is 9.35. The van der Waals surface area contributed by atoms with E-state index in [2.05, 4.69) is 20.9 Å². The molecule has 0 unspecified atom stereocenters. The molecule has 8 heteroatoms. The van der Waals surface area contributed by atoms with Gasteiger partial charge in [-0.1, -0.05) is 6.07 Å². The quantitative estimate of drug-likeness (QED) is 0.480. The average Bonchev–Trinajstić information content (AvgIpc) is 3.66. The number of carbonyl (C=O) groups excluding carboxylic acids is 2. The van der Waals surface area contributed by atoms with Gasteiger partial charge >= 0.3 is 0 Å². The molecule has 5 saturated carbocycles. The van der Waals surface area contributed by atoms with Gasteiger partial charge in [0.1, 0.15) is 5.82 Å². The summed E-state index contributed by atoms with van der Waals surface area (Å²) in [6.45, 7) is 1.50. The minimum atomic E-state index is -0.487. The number of rotatable bonds is 6. The van der Waals surface area contributed by atoms with Crippen molar-refractivity contribution in [3.05, 3.63) is 58.9 Å². The lowest BCUT2D eigenvalue weighted by molar-refractivity contribution is -0.0167. The molecule has 0 atom stereocenters. The van der Waals surface area contributed by atoms with Gasteiger partial charge in [-0.3, -0.25) is 9.59 Å². The SMILES string of the molecule is CN1CCN/C1=N\C(=O)c1cc(F)c(Nc2cccc(C(=O)NC34CC5CC(CC(C5)C3)C4)c2)c(C2CC2)c1. The molecule has 1 aliphatic heterocycles. The van der Waals surface area contributed by atoms with Gasteiger partial charge in [0.25, 0.3) is 11.8 Å². The Kier molecular flexibility index (Phi) is 5.90. The van der Waals surface area contributed by atoms with E-state index in [0.717, 1.165) is 68.5 Å². The zero-order valence-electron chi connectivity index (χ0n) is 22.4. The van der Waals surface area contributed by atoms with E-state index in [1.165, 1.54) is 25.3 Å². The van der Waals surface area contributed by atoms with Crippen LogP contribution in [0.15, 0.2) is 41.4 Å². The number of halogens is 1. The Morgan fingerprint density at radius 2 is 1.74 bits per heavy atom. The van der Waals surface area contributed by atoms with Crippen LogP contribution in [0.1, 0.15) is 83.6 Å². The van der Waals surface area contributed by atoms with Crippen molar-refractivity contribution in [2.45, 2.75) is 62.8 Å². The lowest BCUT2D eigenvalue weighted by Gasteiger charge is -2.56. The third-order valence-corrected chi connectivity index (χ3v) is 9.50. The average molecular weight is 530 g/mol. The Morgan fingerprint density at radius 3 is 2.38 bits per heavy atom. The second-order valence-electron chi connectivity index (χ2n) is 12.6. The minimum Gasteiger partial charge on any atom is -0.354 e. The maximum Gasteiger partial charge on any atom is 0.280 e. The van der Waals surface area contributed by atoms with Crippen LogP contribution in [-0.4, -0.2) is 48.3 Å². The number of likely N-dealkylation sites (N-methyl/N-ethyl adjacent to an activating group) is 1. The van der Waals surface area contributed by atoms with Crippen LogP contribution in [0.4, 0.5) is 15.8 Å². The van der Waals surface area contributed by atoms with Crippen LogP contribution in [0.25, 0.3) is 0 Å². The van der Waals surface area contributed by atoms with Crippen molar-refractivity contribution < 1.29 is 14.0 Å². The zero-order chi connectivity index (χ0) is 26.7. The molecule has 2 aromatic carbocycles. The number of carbonyl (C=O) groups is 2. The molecule has 6 fully saturated rings. The predicted molar refractivity (Wildman–Crippen MR) is 149 cm³/mol. The molecule has 39 heavy (non-hydrogen) atoms. The number of anilines is 2. The summed E-state index contributed by atoms with van der Waals surface area (Å²) >= 11 is 0. The number of nitrogens with one attached hydrogen (secondary N) is 3. The Balaban J connectivity index is 1.11. The van der Waals surface area contributed by atoms with E-state index in [1.54, 1.807) is 12.1 Å². The van der Waals surface area contributed by atoms with Crippen LogP contribution in [0, 0.1) is 23.6 Å². The van der Waals surface area contributed by atoms with Crippen molar-refractivity contribution in [3.8, 4) is 0 Å². The standard InChI is InChI=1S/C31H36FN5O2/c1-37-8-7-33-30(37)35-28(38)23-13-25(21-5-6-21)27(26(32)14-23)34-24-4-2-3-22(12-24)29(39)36-31-15-18-9-19(16-31)11-20(10-18)17-31/h2-4,12-14,18-21,34H,5-11,15-17H2,1H3,(H,36,39)(H,33,35,38). The molecule has 1 saturated heterocycles. The largest absolute Gasteiger partial charge is 0.354 e. The maximum absolute atomic E-state index is 15.5. The molecular weight excluding hydrogens is 493 g/mol. The number of hydrogen-bond acceptors (Lipinski definition) is 3. The van der Waals surface area contributed by atoms with Gasteiger partial charge in [-0.15, -0.1) is 0 Å². The molecule has 0 radical (unpaired) electrons. The second-order valence-corrected chi connectivity index (χ2v) is 12.6. The highest BCUT2D eigenvalue weighted by molar-refractivity contribution is 6.03. The topological polar surface area (TPSA) is 85.8 Å². The van der Waals surface area contributed by atoms with E-state index in [4.69, 9.17) is 0 Å². The van der Waals surface area contributed by atoms with Crippen molar-refractivity contribution >= 4 is 29.1 Å². The van der Waals surface area contributed by atoms with Crippen molar-refractivity contribution in [3.63, 3.8) is 0 Å². The van der Waals surface area contributed by atoms with Crippen LogP contribution in [-0.2, 0) is 0 Å². The van der Waals surface area contributed by atoms with Gasteiger partial charge in [-0.2, -0.15) is 4.99 Å². The van der Waals surface area contributed by atoms with E-state index in [1.807, 2.05) is 30.1 Å². The van der Waals surface area contributed by atoms with E-state index in [9.17, 15) is 9.59 Å². The Morgan fingerprint density at radius 1 is 1.03 bits per heavy atom. The van der Waals surface area contributed by atoms with Crippen LogP contribution >= 0.6 is 0 Å². The van der Waals surface area contributed by atoms with E-state index in [0.29, 0.717) is 22.9 Å². The summed E-state index contributed by atoms with van der Waals surface area (Å²) in [5.41, 5.74) is 2.59. The van der Waals surface area contributed by atoms with Crippen molar-refractivity contribution in [2.24, 2.45) is 22.7 Å². The molecule has 0 aromatic heterocycles. The lowest BCUT2D eigenvalue weighted by Crippen LogP contribution is -2.59. The zero-order valence-corrected chi connectivity index (χ0v) is 22.4. The van der Waals surface area contributed by atoms with Gasteiger partial charge in [0.05, 0.1) is 5.69 Å². The van der Waals surface area contributed by atoms with E-state index in [-0.39, 0.29) is 22.9 Å². The fourth-order valence-corrected chi connectivity index (χ4v) is 7.92. The first kappa shape index (κ1) is 24.6. The number of benzene rings is 2. The molecule has 1 heterocycles. The molecule has 6 aliphatic rings. The molecule has 7 nitrogen and oxygen atoms in total. The molecular formula is C31H36FN5O2. The Hall–Kier alpha value is -3.42. The van der Waals surface area contributed by atoms with Crippen LogP contribution in [0.3, 0.4) is 0 Å². The Bertz CT molecular complexity index is 1330. The summed E-state index contributed by atoms with van der Waals surface area (Å²) in [4.78, 5) is 32.3. The number of guanidine groups is 1. The highest BCUT2D eigenvalue weighted by Gasteiger charge is 2.51. The van der Waals surface area contributed by atoms with Gasteiger partial charge < -0.3 is 20.9 Å². The molecule has 8 rings (SSSR count). The van der Waals surface area contributed by atoms with Crippen LogP contribution in [0.5, 0.6) is 0 Å². The normalized spacial score (nSPS) is 29.9. The number of hydrogen-bond donors (Lipinski definition) is 3. The predicted octanol–water partition coefficient (Wildman–Crippen LogP) is 5.18. The monoisotopic (exact) mass is 529 g/mol. The maximum atomic E-state index is 15.5. The molecule has 3 N–H and O–H groups in total. The lowest BCUT2D eigenvalue weighted by atomic mass is 9.53. The molecule has 5 aliphatic carbocycles. The first-order chi connectivity index (χ1) is 18.8. The van der Waals surface area contributed by atoms with Gasteiger partial charge in [-0.25, -0.2) is 4.39 Å². The summed E-state index contributed by atoms with van der Waals surface area (Å²) in [5, 5.41) is 9.76. The number of aliphatic imine (C=N–C) groups is 1. The van der Waals surface area contributed by atoms with Crippen molar-refractivity contribution in [2.75, 3.05) is 25.5 Å². The third kappa shape index (κ3) is 4.79. The molecule has 2 amide bonds. The first-order valence-corrected chi connectivity index (χ1v) is 14.5. The summed E-state index contributed by atoms with van der Waals surface area (Å²) in [6.07, 6.45) is 9.20. The highest BCUT2D eigenvalue weighted by atomic mass is 19.1. The van der Waals surface area contributed by atoms with Crippen LogP contribution in [0.2, 0.25) is 0 Å². The molecule has 2 aromatic rings. The molecule has 4 bridgehead atoms. The fourth-order valence-electron chi connectivity index (χ4n) is 7.92. The summed E-state index contributed by atoms with van der Waals surface area (Å²) < 4.78 is 15.5. The first-order valence-electron chi connectivity index (χ1n) is 14.5. The summed E-state index contributed by atoms with van der Waals surface area (Å²) in [5.74, 6) is 1.99. The number of amides is 2. The van der Waals surface area contributed by atoms with Crippen molar-refractivity contribution in [1.82, 2.24) is 15.5 Å². The van der Waals surface area contributed by atoms with Gasteiger partial charge in [0, 0.05) is 42.5 Å². The molecule has 204 valence electrons. The van der Waals surface area contributed by atoms with E-state index >= 15 is 4.39 Å². The summed E-state index contributed by atoms with van der Waals surface area (Å²) in [7, 11) is 1.87. The van der Waals surface area contributed by atoms with Gasteiger partial charge in [0.15, 0.2) is 0 Å². The van der Waals surface area contributed by atoms with E-state index < -0.39 is 11.7 Å². The van der Waals surface area contributed by atoms with Gasteiger partial charge in [0.2, 0.25) is 5.96 Å². The third-order valence-electron chi connectivity index (χ3n) is 9.50. The summed E-state index contributed by atoms with van der Waals surface area (Å²) in [6, 6.07) is 10.4. The van der Waals surface area contributed by atoms with Crippen molar-refractivity contribution in [1.29, 1.82) is 0 Å². The fraction of sp³-hybridized carbons (Fsp3) is 0.516.